The van der Waals surface area contributed by atoms with Gasteiger partial charge in [0.1, 0.15) is 6.17 Å². The summed E-state index contributed by atoms with van der Waals surface area (Å²) in [7, 11) is 0. The maximum absolute atomic E-state index is 13.3. The highest BCUT2D eigenvalue weighted by molar-refractivity contribution is 6.31. The number of carbonyl (C=O) groups is 1. The van der Waals surface area contributed by atoms with E-state index >= 15 is 0 Å². The van der Waals surface area contributed by atoms with Gasteiger partial charge in [-0.1, -0.05) is 54.1 Å². The van der Waals surface area contributed by atoms with Crippen molar-refractivity contribution in [1.82, 2.24) is 4.90 Å². The van der Waals surface area contributed by atoms with Crippen LogP contribution in [0.2, 0.25) is 5.02 Å². The van der Waals surface area contributed by atoms with Crippen LogP contribution in [-0.2, 0) is 6.42 Å². The second kappa shape index (κ2) is 7.93. The molecule has 1 N–H and O–H groups in total. The van der Waals surface area contributed by atoms with E-state index in [2.05, 4.69) is 5.32 Å². The number of carbonyl (C=O) groups excluding carboxylic acids is 1. The number of hydrogen-bond acceptors (Lipinski definition) is 4. The van der Waals surface area contributed by atoms with Crippen molar-refractivity contribution in [3.05, 3.63) is 105 Å². The number of nitrogens with zero attached hydrogens (tertiary/aromatic N) is 2. The minimum absolute atomic E-state index is 0.0690. The van der Waals surface area contributed by atoms with Gasteiger partial charge < -0.3 is 10.2 Å². The fourth-order valence-electron chi connectivity index (χ4n) is 3.52. The highest BCUT2D eigenvalue weighted by Gasteiger charge is 2.34. The lowest BCUT2D eigenvalue weighted by Crippen LogP contribution is -2.44. The number of hydrogen-bond donors (Lipinski definition) is 1. The first-order valence-electron chi connectivity index (χ1n) is 9.19. The molecule has 0 saturated heterocycles. The molecule has 0 aliphatic carbocycles. The quantitative estimate of drug-likeness (QED) is 0.474. The normalized spacial score (nSPS) is 15.6. The van der Waals surface area contributed by atoms with Crippen LogP contribution < -0.4 is 5.32 Å². The smallest absolute Gasteiger partial charge is 0.269 e. The van der Waals surface area contributed by atoms with E-state index in [1.165, 1.54) is 18.2 Å². The van der Waals surface area contributed by atoms with Gasteiger partial charge in [-0.15, -0.1) is 0 Å². The average molecular weight is 408 g/mol. The van der Waals surface area contributed by atoms with Crippen LogP contribution in [0.15, 0.2) is 72.8 Å². The zero-order valence-electron chi connectivity index (χ0n) is 15.4. The van der Waals surface area contributed by atoms with E-state index in [0.717, 1.165) is 5.56 Å². The Hall–Kier alpha value is -3.38. The minimum Gasteiger partial charge on any atom is -0.361 e. The Bertz CT molecular complexity index is 1070. The average Bonchev–Trinajstić information content (AvgIpc) is 2.74. The molecule has 146 valence electrons. The van der Waals surface area contributed by atoms with E-state index in [9.17, 15) is 14.9 Å². The van der Waals surface area contributed by atoms with Gasteiger partial charge in [-0.2, -0.15) is 0 Å². The van der Waals surface area contributed by atoms with Gasteiger partial charge in [-0.3, -0.25) is 14.9 Å². The molecule has 1 atom stereocenters. The summed E-state index contributed by atoms with van der Waals surface area (Å²) in [6, 6.07) is 21.4. The lowest BCUT2D eigenvalue weighted by Gasteiger charge is -2.38. The number of amides is 1. The molecule has 1 aliphatic rings. The van der Waals surface area contributed by atoms with Gasteiger partial charge >= 0.3 is 0 Å². The van der Waals surface area contributed by atoms with Crippen molar-refractivity contribution in [2.24, 2.45) is 0 Å². The molecule has 3 aromatic rings. The summed E-state index contributed by atoms with van der Waals surface area (Å²) in [6.07, 6.45) is 0.0490. The zero-order chi connectivity index (χ0) is 20.4. The third-order valence-corrected chi connectivity index (χ3v) is 5.34. The summed E-state index contributed by atoms with van der Waals surface area (Å²) in [4.78, 5) is 25.7. The first kappa shape index (κ1) is 19.0. The van der Waals surface area contributed by atoms with Gasteiger partial charge in [0.2, 0.25) is 0 Å². The van der Waals surface area contributed by atoms with E-state index in [4.69, 9.17) is 11.6 Å². The van der Waals surface area contributed by atoms with Crippen LogP contribution in [0.5, 0.6) is 0 Å². The summed E-state index contributed by atoms with van der Waals surface area (Å²) < 4.78 is 0. The number of nitrogens with one attached hydrogen (secondary N) is 1. The van der Waals surface area contributed by atoms with E-state index in [-0.39, 0.29) is 11.6 Å². The minimum atomic E-state index is -0.603. The first-order chi connectivity index (χ1) is 14.0. The number of benzene rings is 3. The molecule has 0 radical (unpaired) electrons. The second-order valence-electron chi connectivity index (χ2n) is 6.79. The topological polar surface area (TPSA) is 75.5 Å². The monoisotopic (exact) mass is 407 g/mol. The van der Waals surface area contributed by atoms with Crippen LogP contribution in [0.3, 0.4) is 0 Å². The van der Waals surface area contributed by atoms with Crippen molar-refractivity contribution in [3.63, 3.8) is 0 Å². The highest BCUT2D eigenvalue weighted by atomic mass is 35.5. The predicted molar refractivity (Wildman–Crippen MR) is 112 cm³/mol. The Labute approximate surface area is 172 Å². The summed E-state index contributed by atoms with van der Waals surface area (Å²) in [5.74, 6) is -0.136. The maximum atomic E-state index is 13.3. The number of non-ortho nitro benzene ring substituents is 1. The van der Waals surface area contributed by atoms with Crippen LogP contribution in [0.25, 0.3) is 0 Å². The lowest BCUT2D eigenvalue weighted by atomic mass is 10.0. The largest absolute Gasteiger partial charge is 0.361 e. The highest BCUT2D eigenvalue weighted by Crippen LogP contribution is 2.37. The second-order valence-corrected chi connectivity index (χ2v) is 7.20. The zero-order valence-corrected chi connectivity index (χ0v) is 16.2. The molecule has 1 amide bonds. The van der Waals surface area contributed by atoms with E-state index < -0.39 is 11.1 Å². The van der Waals surface area contributed by atoms with Gasteiger partial charge in [-0.25, -0.2) is 0 Å². The molecule has 0 bridgehead atoms. The van der Waals surface area contributed by atoms with Gasteiger partial charge in [0, 0.05) is 35.0 Å². The van der Waals surface area contributed by atoms with Crippen LogP contribution in [-0.4, -0.2) is 22.3 Å². The Kier molecular flexibility index (Phi) is 5.18. The van der Waals surface area contributed by atoms with Gasteiger partial charge in [0.05, 0.1) is 10.5 Å². The molecule has 0 fully saturated rings. The lowest BCUT2D eigenvalue weighted by molar-refractivity contribution is -0.384. The Morgan fingerprint density at radius 2 is 1.76 bits per heavy atom. The van der Waals surface area contributed by atoms with Crippen LogP contribution in [0, 0.1) is 10.1 Å². The van der Waals surface area contributed by atoms with Gasteiger partial charge in [0.25, 0.3) is 11.6 Å². The predicted octanol–water partition coefficient (Wildman–Crippen LogP) is 5.06. The number of halogens is 1. The Morgan fingerprint density at radius 3 is 2.52 bits per heavy atom. The fourth-order valence-corrected chi connectivity index (χ4v) is 3.74. The molecule has 1 heterocycles. The van der Waals surface area contributed by atoms with Gasteiger partial charge in [0.15, 0.2) is 0 Å². The molecule has 0 aromatic heterocycles. The molecule has 4 rings (SSSR count). The van der Waals surface area contributed by atoms with Crippen molar-refractivity contribution in [2.75, 3.05) is 11.9 Å². The van der Waals surface area contributed by atoms with Crippen molar-refractivity contribution in [3.8, 4) is 0 Å². The summed E-state index contributed by atoms with van der Waals surface area (Å²) in [5.41, 5.74) is 2.78. The van der Waals surface area contributed by atoms with E-state index in [0.29, 0.717) is 34.8 Å². The third-order valence-electron chi connectivity index (χ3n) is 4.99. The molecule has 1 unspecified atom stereocenters. The van der Waals surface area contributed by atoms with Crippen molar-refractivity contribution >= 4 is 28.9 Å². The summed E-state index contributed by atoms with van der Waals surface area (Å²) in [6.45, 7) is 0.438. The van der Waals surface area contributed by atoms with E-state index in [1.807, 2.05) is 48.5 Å². The summed E-state index contributed by atoms with van der Waals surface area (Å²) >= 11 is 6.39. The number of anilines is 1. The molecule has 3 aromatic carbocycles. The van der Waals surface area contributed by atoms with E-state index in [1.54, 1.807) is 11.0 Å². The number of nitro groups is 1. The molecule has 0 saturated carbocycles. The SMILES string of the molecule is O=C1c2ccccc2NC(c2cc([N+](=O)[O-])ccc2Cl)N1CCc1ccccc1. The van der Waals surface area contributed by atoms with Crippen LogP contribution in [0.4, 0.5) is 11.4 Å². The van der Waals surface area contributed by atoms with Crippen LogP contribution >= 0.6 is 11.6 Å². The number of para-hydroxylation sites is 1. The van der Waals surface area contributed by atoms with Crippen molar-refractivity contribution in [2.45, 2.75) is 12.6 Å². The number of nitro benzene ring substituents is 1. The van der Waals surface area contributed by atoms with Crippen LogP contribution in [0.1, 0.15) is 27.7 Å². The number of rotatable bonds is 5. The Morgan fingerprint density at radius 1 is 1.03 bits per heavy atom. The molecule has 7 heteroatoms. The third kappa shape index (κ3) is 3.79. The molecule has 0 spiro atoms. The van der Waals surface area contributed by atoms with Crippen molar-refractivity contribution in [1.29, 1.82) is 0 Å². The summed E-state index contributed by atoms with van der Waals surface area (Å²) in [5, 5.41) is 15.0. The molecular weight excluding hydrogens is 390 g/mol. The molecule has 29 heavy (non-hydrogen) atoms. The fraction of sp³-hybridized carbons (Fsp3) is 0.136. The molecular formula is C22H18ClN3O3. The molecule has 1 aliphatic heterocycles. The Balaban J connectivity index is 1.74. The maximum Gasteiger partial charge on any atom is 0.269 e. The standard InChI is InChI=1S/C22H18ClN3O3/c23-19-11-10-16(26(28)29)14-18(19)21-24-20-9-5-4-8-17(20)22(27)25(21)13-12-15-6-2-1-3-7-15/h1-11,14,21,24H,12-13H2. The number of fused-ring (bicyclic) bond motifs is 1. The first-order valence-corrected chi connectivity index (χ1v) is 9.56. The van der Waals surface area contributed by atoms with Crippen molar-refractivity contribution < 1.29 is 9.72 Å². The van der Waals surface area contributed by atoms with Gasteiger partial charge in [-0.05, 0) is 30.2 Å². The molecule has 6 nitrogen and oxygen atoms in total.